The molecule has 0 radical (unpaired) electrons. The van der Waals surface area contributed by atoms with Crippen LogP contribution in [-0.4, -0.2) is 41.5 Å². The van der Waals surface area contributed by atoms with Crippen LogP contribution in [0.3, 0.4) is 0 Å². The molecule has 0 bridgehead atoms. The molecule has 7 heteroatoms. The van der Waals surface area contributed by atoms with Crippen LogP contribution in [0.4, 0.5) is 0 Å². The number of hydrogen-bond donors (Lipinski definition) is 3. The van der Waals surface area contributed by atoms with Crippen molar-refractivity contribution in [2.24, 2.45) is 5.73 Å². The summed E-state index contributed by atoms with van der Waals surface area (Å²) in [5.74, 6) is -1.54. The van der Waals surface area contributed by atoms with Crippen molar-refractivity contribution < 1.29 is 19.1 Å². The van der Waals surface area contributed by atoms with Gasteiger partial charge in [-0.3, -0.25) is 9.59 Å². The third kappa shape index (κ3) is 7.34. The fourth-order valence-electron chi connectivity index (χ4n) is 14.3. The standard InChI is InChI=1S/C73H55N3O4/c1-80-70(79)73(42-54-36-30-48-18-6-12-24-60(48)66(54)67-55(43-73)37-31-49-19-7-13-25-61(49)67)76-69(78)72(40-52-34-28-46-16-4-10-22-58(46)64(52)65-53(41-72)35-29-47-17-5-11-23-59(47)65)75-68(77)71(74)38-50-32-26-44-14-2-8-20-56(44)62(50)63-51(39-71)33-27-45-15-3-9-21-57(45)63/h2-37H,38-43,74H2,1H3,(H,75,77)(H,76,78). The van der Waals surface area contributed by atoms with Crippen LogP contribution in [0.1, 0.15) is 33.4 Å². The monoisotopic (exact) mass is 1040 g/mol. The van der Waals surface area contributed by atoms with Gasteiger partial charge in [-0.15, -0.1) is 0 Å². The SMILES string of the molecule is COC(=O)C1(NC(=O)C2(NC(=O)C3(N)Cc4ccc5ccccc5c4-c4c(ccc5ccccc45)C3)Cc3ccc4ccccc4c3-c3c(ccc4ccccc34)C2)Cc2ccc3ccccc3c2-c2c(ccc3ccccc23)C1. The van der Waals surface area contributed by atoms with Crippen molar-refractivity contribution in [1.29, 1.82) is 0 Å². The molecule has 0 spiro atoms. The third-order valence-corrected chi connectivity index (χ3v) is 18.0. The van der Waals surface area contributed by atoms with Gasteiger partial charge < -0.3 is 21.1 Å². The average molecular weight is 1040 g/mol. The van der Waals surface area contributed by atoms with Gasteiger partial charge in [-0.05, 0) is 131 Å². The number of nitrogens with two attached hydrogens (primary N) is 1. The van der Waals surface area contributed by atoms with E-state index in [1.165, 1.54) is 7.11 Å². The molecule has 0 heterocycles. The molecule has 7 nitrogen and oxygen atoms in total. The molecule has 0 fully saturated rings. The van der Waals surface area contributed by atoms with E-state index >= 15 is 14.4 Å². The first-order chi connectivity index (χ1) is 39.1. The number of methoxy groups -OCH3 is 1. The Hall–Kier alpha value is -9.43. The Morgan fingerprint density at radius 1 is 0.325 bits per heavy atom. The number of carbonyl (C=O) groups is 3. The molecule has 3 aliphatic rings. The van der Waals surface area contributed by atoms with Crippen molar-refractivity contribution in [3.8, 4) is 33.4 Å². The lowest BCUT2D eigenvalue weighted by Crippen LogP contribution is -2.71. The van der Waals surface area contributed by atoms with E-state index in [2.05, 4.69) is 193 Å². The normalized spacial score (nSPS) is 15.5. The van der Waals surface area contributed by atoms with Gasteiger partial charge in [0.15, 0.2) is 0 Å². The van der Waals surface area contributed by atoms with Crippen molar-refractivity contribution >= 4 is 82.4 Å². The number of fused-ring (bicyclic) bond motifs is 21. The van der Waals surface area contributed by atoms with Crippen LogP contribution in [0.5, 0.6) is 0 Å². The van der Waals surface area contributed by atoms with E-state index in [0.29, 0.717) is 0 Å². The number of hydrogen-bond acceptors (Lipinski definition) is 5. The molecule has 0 saturated carbocycles. The minimum absolute atomic E-state index is 0.0893. The highest BCUT2D eigenvalue weighted by molar-refractivity contribution is 6.13. The molecule has 0 unspecified atom stereocenters. The summed E-state index contributed by atoms with van der Waals surface area (Å²) in [4.78, 5) is 48.7. The molecule has 80 heavy (non-hydrogen) atoms. The maximum Gasteiger partial charge on any atom is 0.332 e. The highest BCUT2D eigenvalue weighted by Crippen LogP contribution is 2.49. The lowest BCUT2D eigenvalue weighted by atomic mass is 9.79. The zero-order valence-corrected chi connectivity index (χ0v) is 44.2. The summed E-state index contributed by atoms with van der Waals surface area (Å²) in [6.07, 6.45) is 0.820. The van der Waals surface area contributed by atoms with Gasteiger partial charge in [0.1, 0.15) is 16.6 Å². The largest absolute Gasteiger partial charge is 0.467 e. The molecule has 2 amide bonds. The Bertz CT molecular complexity index is 4390. The number of esters is 1. The van der Waals surface area contributed by atoms with Gasteiger partial charge in [0.2, 0.25) is 11.8 Å². The van der Waals surface area contributed by atoms with Crippen LogP contribution in [0, 0.1) is 0 Å². The van der Waals surface area contributed by atoms with Gasteiger partial charge in [0, 0.05) is 38.5 Å². The van der Waals surface area contributed by atoms with Crippen LogP contribution in [0.2, 0.25) is 0 Å². The van der Waals surface area contributed by atoms with Crippen molar-refractivity contribution in [1.82, 2.24) is 10.6 Å². The van der Waals surface area contributed by atoms with Gasteiger partial charge in [0.25, 0.3) is 0 Å². The van der Waals surface area contributed by atoms with Crippen LogP contribution < -0.4 is 16.4 Å². The highest BCUT2D eigenvalue weighted by Gasteiger charge is 2.53. The van der Waals surface area contributed by atoms with Gasteiger partial charge in [-0.25, -0.2) is 4.79 Å². The van der Waals surface area contributed by atoms with Crippen LogP contribution in [0.25, 0.3) is 98.0 Å². The van der Waals surface area contributed by atoms with E-state index in [4.69, 9.17) is 10.5 Å². The van der Waals surface area contributed by atoms with Crippen LogP contribution in [0.15, 0.2) is 218 Å². The number of ether oxygens (including phenoxy) is 1. The summed E-state index contributed by atoms with van der Waals surface area (Å²) in [5.41, 5.74) is 14.6. The van der Waals surface area contributed by atoms with Crippen molar-refractivity contribution in [3.05, 3.63) is 252 Å². The number of carbonyl (C=O) groups excluding carboxylic acids is 3. The minimum atomic E-state index is -1.72. The smallest absolute Gasteiger partial charge is 0.332 e. The maximum absolute atomic E-state index is 17.0. The molecular weight excluding hydrogens is 983 g/mol. The van der Waals surface area contributed by atoms with E-state index in [1.807, 2.05) is 36.4 Å². The average Bonchev–Trinajstić information content (AvgIpc) is 3.83. The molecular formula is C73H55N3O4. The van der Waals surface area contributed by atoms with Crippen molar-refractivity contribution in [3.63, 3.8) is 0 Å². The van der Waals surface area contributed by atoms with Crippen molar-refractivity contribution in [2.45, 2.75) is 55.1 Å². The van der Waals surface area contributed by atoms with Gasteiger partial charge in [-0.2, -0.15) is 0 Å². The number of nitrogens with one attached hydrogen (secondary N) is 2. The second-order valence-electron chi connectivity index (χ2n) is 22.7. The van der Waals surface area contributed by atoms with Gasteiger partial charge >= 0.3 is 5.97 Å². The van der Waals surface area contributed by atoms with E-state index in [1.54, 1.807) is 0 Å². The second-order valence-corrected chi connectivity index (χ2v) is 22.7. The first-order valence-electron chi connectivity index (χ1n) is 27.7. The highest BCUT2D eigenvalue weighted by atomic mass is 16.5. The Kier molecular flexibility index (Phi) is 10.8. The molecule has 386 valence electrons. The quantitative estimate of drug-likeness (QED) is 0.149. The van der Waals surface area contributed by atoms with E-state index < -0.39 is 34.4 Å². The van der Waals surface area contributed by atoms with Gasteiger partial charge in [0.05, 0.1) is 7.11 Å². The summed E-state index contributed by atoms with van der Waals surface area (Å²) in [7, 11) is 1.39. The second kappa shape index (κ2) is 18.1. The number of benzene rings is 12. The van der Waals surface area contributed by atoms with Crippen LogP contribution >= 0.6 is 0 Å². The zero-order valence-electron chi connectivity index (χ0n) is 44.2. The van der Waals surface area contributed by atoms with Crippen LogP contribution in [-0.2, 0) is 57.6 Å². The van der Waals surface area contributed by atoms with E-state index in [0.717, 1.165) is 131 Å². The molecule has 3 aliphatic carbocycles. The fraction of sp³-hybridized carbons (Fsp3) is 0.137. The number of rotatable bonds is 5. The molecule has 12 aromatic rings. The van der Waals surface area contributed by atoms with Gasteiger partial charge in [-0.1, -0.05) is 218 Å². The molecule has 12 aromatic carbocycles. The Morgan fingerprint density at radius 3 is 0.838 bits per heavy atom. The Labute approximate surface area is 463 Å². The predicted molar refractivity (Wildman–Crippen MR) is 324 cm³/mol. The molecule has 0 aromatic heterocycles. The summed E-state index contributed by atoms with van der Waals surface area (Å²) in [6, 6.07) is 75.5. The molecule has 0 atom stereocenters. The summed E-state index contributed by atoms with van der Waals surface area (Å²) in [6.45, 7) is 0. The molecule has 0 aliphatic heterocycles. The lowest BCUT2D eigenvalue weighted by molar-refractivity contribution is -0.152. The third-order valence-electron chi connectivity index (χ3n) is 18.0. The van der Waals surface area contributed by atoms with E-state index in [9.17, 15) is 0 Å². The van der Waals surface area contributed by atoms with Crippen molar-refractivity contribution in [2.75, 3.05) is 7.11 Å². The summed E-state index contributed by atoms with van der Waals surface area (Å²) in [5, 5.41) is 19.9. The fourth-order valence-corrected chi connectivity index (χ4v) is 14.3. The minimum Gasteiger partial charge on any atom is -0.467 e. The molecule has 15 rings (SSSR count). The lowest BCUT2D eigenvalue weighted by Gasteiger charge is -2.40. The number of amides is 2. The topological polar surface area (TPSA) is 111 Å². The zero-order chi connectivity index (χ0) is 53.9. The Balaban J connectivity index is 0.942. The Morgan fingerprint density at radius 2 is 0.562 bits per heavy atom. The first kappa shape index (κ1) is 47.8. The van der Waals surface area contributed by atoms with E-state index in [-0.39, 0.29) is 38.5 Å². The first-order valence-corrected chi connectivity index (χ1v) is 27.7. The molecule has 4 N–H and O–H groups in total. The summed E-state index contributed by atoms with van der Waals surface area (Å²) < 4.78 is 5.88. The molecule has 0 saturated heterocycles. The predicted octanol–water partition coefficient (Wildman–Crippen LogP) is 13.9. The maximum atomic E-state index is 17.0. The summed E-state index contributed by atoms with van der Waals surface area (Å²) >= 11 is 0.